The van der Waals surface area contributed by atoms with Gasteiger partial charge in [0.2, 0.25) is 0 Å². The molecule has 3 aromatic rings. The van der Waals surface area contributed by atoms with Crippen LogP contribution in [-0.2, 0) is 6.54 Å². The van der Waals surface area contributed by atoms with E-state index in [1.54, 1.807) is 29.1 Å². The molecule has 0 unspecified atom stereocenters. The van der Waals surface area contributed by atoms with Crippen LogP contribution in [-0.4, -0.2) is 19.7 Å². The van der Waals surface area contributed by atoms with Crippen molar-refractivity contribution in [2.75, 3.05) is 0 Å². The van der Waals surface area contributed by atoms with Crippen LogP contribution in [0.4, 0.5) is 0 Å². The standard InChI is InChI=1S/C12H8Cl2N4O/c13-9-2-1-3-10(14)7(9)4-18-5-8-11(17-18)15-6-16-12(8)19/h1-3,5-6H,4H2,(H,15,16,17,19). The molecule has 0 amide bonds. The lowest BCUT2D eigenvalue weighted by Crippen LogP contribution is -2.04. The third-order valence-corrected chi connectivity index (χ3v) is 3.46. The van der Waals surface area contributed by atoms with Gasteiger partial charge in [-0.2, -0.15) is 5.10 Å². The Kier molecular flexibility index (Phi) is 3.00. The minimum atomic E-state index is -0.221. The van der Waals surface area contributed by atoms with Gasteiger partial charge in [0.05, 0.1) is 12.9 Å². The molecule has 1 N–H and O–H groups in total. The lowest BCUT2D eigenvalue weighted by Gasteiger charge is -2.06. The Morgan fingerprint density at radius 2 is 2.00 bits per heavy atom. The van der Waals surface area contributed by atoms with Gasteiger partial charge in [-0.1, -0.05) is 29.3 Å². The molecule has 0 aliphatic carbocycles. The van der Waals surface area contributed by atoms with Crippen LogP contribution in [0.25, 0.3) is 11.0 Å². The number of rotatable bonds is 2. The van der Waals surface area contributed by atoms with E-state index in [2.05, 4.69) is 15.1 Å². The van der Waals surface area contributed by atoms with Crippen LogP contribution >= 0.6 is 23.2 Å². The fourth-order valence-corrected chi connectivity index (χ4v) is 2.34. The van der Waals surface area contributed by atoms with Gasteiger partial charge >= 0.3 is 0 Å². The average molecular weight is 295 g/mol. The number of halogens is 2. The average Bonchev–Trinajstić information content (AvgIpc) is 2.78. The maximum absolute atomic E-state index is 11.6. The van der Waals surface area contributed by atoms with Crippen LogP contribution in [0.2, 0.25) is 10.0 Å². The Morgan fingerprint density at radius 3 is 2.68 bits per heavy atom. The molecule has 2 heterocycles. The van der Waals surface area contributed by atoms with Gasteiger partial charge in [-0.05, 0) is 12.1 Å². The van der Waals surface area contributed by atoms with Crippen LogP contribution < -0.4 is 5.56 Å². The molecule has 0 bridgehead atoms. The zero-order chi connectivity index (χ0) is 13.4. The van der Waals surface area contributed by atoms with E-state index in [9.17, 15) is 4.79 Å². The Labute approximate surface area is 117 Å². The predicted octanol–water partition coefficient (Wildman–Crippen LogP) is 2.47. The van der Waals surface area contributed by atoms with Crippen molar-refractivity contribution in [3.05, 3.63) is 56.7 Å². The molecular formula is C12H8Cl2N4O. The number of nitrogens with zero attached hydrogens (tertiary/aromatic N) is 3. The third kappa shape index (κ3) is 2.22. The van der Waals surface area contributed by atoms with E-state index in [0.717, 1.165) is 5.56 Å². The summed E-state index contributed by atoms with van der Waals surface area (Å²) in [6.07, 6.45) is 2.95. The third-order valence-electron chi connectivity index (χ3n) is 2.75. The van der Waals surface area contributed by atoms with Crippen molar-refractivity contribution in [3.63, 3.8) is 0 Å². The van der Waals surface area contributed by atoms with Gasteiger partial charge in [-0.25, -0.2) is 4.98 Å². The highest BCUT2D eigenvalue weighted by atomic mass is 35.5. The van der Waals surface area contributed by atoms with E-state index >= 15 is 0 Å². The highest BCUT2D eigenvalue weighted by molar-refractivity contribution is 6.35. The number of nitrogens with one attached hydrogen (secondary N) is 1. The molecule has 2 aromatic heterocycles. The molecular weight excluding hydrogens is 287 g/mol. The van der Waals surface area contributed by atoms with Crippen molar-refractivity contribution in [3.8, 4) is 0 Å². The molecule has 96 valence electrons. The minimum Gasteiger partial charge on any atom is -0.312 e. The van der Waals surface area contributed by atoms with Gasteiger partial charge in [-0.3, -0.25) is 9.48 Å². The van der Waals surface area contributed by atoms with E-state index < -0.39 is 0 Å². The van der Waals surface area contributed by atoms with Crippen LogP contribution in [0.3, 0.4) is 0 Å². The largest absolute Gasteiger partial charge is 0.312 e. The Bertz CT molecular complexity index is 789. The lowest BCUT2D eigenvalue weighted by atomic mass is 10.2. The van der Waals surface area contributed by atoms with Crippen molar-refractivity contribution < 1.29 is 0 Å². The summed E-state index contributed by atoms with van der Waals surface area (Å²) in [6, 6.07) is 5.30. The van der Waals surface area contributed by atoms with E-state index in [0.29, 0.717) is 27.6 Å². The summed E-state index contributed by atoms with van der Waals surface area (Å²) in [7, 11) is 0. The monoisotopic (exact) mass is 294 g/mol. The first-order valence-corrected chi connectivity index (χ1v) is 6.24. The van der Waals surface area contributed by atoms with Crippen molar-refractivity contribution in [2.45, 2.75) is 6.54 Å². The zero-order valence-electron chi connectivity index (χ0n) is 9.60. The van der Waals surface area contributed by atoms with Crippen LogP contribution in [0.15, 0.2) is 35.5 Å². The van der Waals surface area contributed by atoms with E-state index in [1.807, 2.05) is 0 Å². The Hall–Kier alpha value is -1.85. The molecule has 5 nitrogen and oxygen atoms in total. The second-order valence-corrected chi connectivity index (χ2v) is 4.81. The van der Waals surface area contributed by atoms with Crippen LogP contribution in [0, 0.1) is 0 Å². The second kappa shape index (κ2) is 4.68. The van der Waals surface area contributed by atoms with Crippen LogP contribution in [0.5, 0.6) is 0 Å². The highest BCUT2D eigenvalue weighted by Gasteiger charge is 2.09. The molecule has 0 aliphatic rings. The predicted molar refractivity (Wildman–Crippen MR) is 73.7 cm³/mol. The molecule has 7 heteroatoms. The van der Waals surface area contributed by atoms with Crippen molar-refractivity contribution in [1.82, 2.24) is 19.7 Å². The summed E-state index contributed by atoms with van der Waals surface area (Å²) < 4.78 is 1.60. The highest BCUT2D eigenvalue weighted by Crippen LogP contribution is 2.25. The van der Waals surface area contributed by atoms with E-state index in [-0.39, 0.29) is 5.56 Å². The Balaban J connectivity index is 2.07. The summed E-state index contributed by atoms with van der Waals surface area (Å²) in [6.45, 7) is 0.383. The van der Waals surface area contributed by atoms with Gasteiger partial charge in [0, 0.05) is 21.8 Å². The molecule has 0 radical (unpaired) electrons. The van der Waals surface area contributed by atoms with Gasteiger partial charge in [0.1, 0.15) is 5.39 Å². The summed E-state index contributed by atoms with van der Waals surface area (Å²) >= 11 is 12.2. The number of aromatic nitrogens is 4. The fraction of sp³-hybridized carbons (Fsp3) is 0.0833. The number of H-pyrrole nitrogens is 1. The first-order chi connectivity index (χ1) is 9.15. The number of hydrogen-bond donors (Lipinski definition) is 1. The first kappa shape index (κ1) is 12.2. The number of fused-ring (bicyclic) bond motifs is 1. The molecule has 0 aliphatic heterocycles. The maximum atomic E-state index is 11.6. The Morgan fingerprint density at radius 1 is 1.26 bits per heavy atom. The normalized spacial score (nSPS) is 11.1. The molecule has 1 aromatic carbocycles. The van der Waals surface area contributed by atoms with Crippen molar-refractivity contribution in [2.24, 2.45) is 0 Å². The molecule has 0 spiro atoms. The number of hydrogen-bond acceptors (Lipinski definition) is 3. The van der Waals surface area contributed by atoms with Gasteiger partial charge in [0.15, 0.2) is 5.65 Å². The molecule has 19 heavy (non-hydrogen) atoms. The molecule has 3 rings (SSSR count). The van der Waals surface area contributed by atoms with Crippen molar-refractivity contribution in [1.29, 1.82) is 0 Å². The fourth-order valence-electron chi connectivity index (χ4n) is 1.82. The molecule has 0 atom stereocenters. The zero-order valence-corrected chi connectivity index (χ0v) is 11.1. The van der Waals surface area contributed by atoms with Crippen molar-refractivity contribution >= 4 is 34.2 Å². The second-order valence-electron chi connectivity index (χ2n) is 4.00. The summed E-state index contributed by atoms with van der Waals surface area (Å²) in [5.41, 5.74) is 0.934. The van der Waals surface area contributed by atoms with E-state index in [4.69, 9.17) is 23.2 Å². The van der Waals surface area contributed by atoms with Gasteiger partial charge in [0.25, 0.3) is 5.56 Å². The SMILES string of the molecule is O=c1[nH]cnc2nn(Cc3c(Cl)cccc3Cl)cc12. The smallest absolute Gasteiger partial charge is 0.261 e. The molecule has 0 fully saturated rings. The van der Waals surface area contributed by atoms with Crippen LogP contribution in [0.1, 0.15) is 5.56 Å². The summed E-state index contributed by atoms with van der Waals surface area (Å²) in [5, 5.41) is 5.78. The quantitative estimate of drug-likeness (QED) is 0.790. The number of benzene rings is 1. The first-order valence-electron chi connectivity index (χ1n) is 5.49. The topological polar surface area (TPSA) is 63.6 Å². The lowest BCUT2D eigenvalue weighted by molar-refractivity contribution is 0.693. The van der Waals surface area contributed by atoms with E-state index in [1.165, 1.54) is 6.33 Å². The van der Waals surface area contributed by atoms with Gasteiger partial charge < -0.3 is 4.98 Å². The number of aromatic amines is 1. The minimum absolute atomic E-state index is 0.221. The molecule has 0 saturated carbocycles. The maximum Gasteiger partial charge on any atom is 0.261 e. The summed E-state index contributed by atoms with van der Waals surface area (Å²) in [4.78, 5) is 18.1. The summed E-state index contributed by atoms with van der Waals surface area (Å²) in [5.74, 6) is 0. The van der Waals surface area contributed by atoms with Gasteiger partial charge in [-0.15, -0.1) is 0 Å². The molecule has 0 saturated heterocycles.